The van der Waals surface area contributed by atoms with Gasteiger partial charge in [0.25, 0.3) is 0 Å². The first kappa shape index (κ1) is 12.8. The predicted molar refractivity (Wildman–Crippen MR) is 62.1 cm³/mol. The van der Waals surface area contributed by atoms with Crippen LogP contribution in [-0.4, -0.2) is 38.4 Å². The van der Waals surface area contributed by atoms with Crippen LogP contribution in [0, 0.1) is 5.92 Å². The highest BCUT2D eigenvalue weighted by molar-refractivity contribution is 7.93. The Morgan fingerprint density at radius 3 is 2.87 bits per heavy atom. The molecule has 1 heterocycles. The predicted octanol–water partition coefficient (Wildman–Crippen LogP) is -0.383. The third kappa shape index (κ3) is 3.67. The minimum Gasteiger partial charge on any atom is -0.392 e. The second-order valence-electron chi connectivity index (χ2n) is 3.67. The van der Waals surface area contributed by atoms with Gasteiger partial charge in [-0.3, -0.25) is 0 Å². The Morgan fingerprint density at radius 2 is 2.40 bits per heavy atom. The Balaban J connectivity index is 2.45. The summed E-state index contributed by atoms with van der Waals surface area (Å²) in [7, 11) is -3.42. The lowest BCUT2D eigenvalue weighted by Crippen LogP contribution is -2.41. The van der Waals surface area contributed by atoms with Crippen molar-refractivity contribution in [2.75, 3.05) is 19.8 Å². The van der Waals surface area contributed by atoms with Crippen molar-refractivity contribution in [1.29, 1.82) is 0 Å². The quantitative estimate of drug-likeness (QED) is 0.652. The summed E-state index contributed by atoms with van der Waals surface area (Å²) in [5.74, 6) is 0.262. The van der Waals surface area contributed by atoms with E-state index in [2.05, 4.69) is 16.9 Å². The lowest BCUT2D eigenvalue weighted by molar-refractivity contribution is 0.186. The first-order valence-corrected chi connectivity index (χ1v) is 6.74. The number of nitrogens with two attached hydrogens (primary N) is 1. The Labute approximate surface area is 95.4 Å². The highest BCUT2D eigenvalue weighted by Crippen LogP contribution is 2.11. The van der Waals surface area contributed by atoms with Gasteiger partial charge in [-0.1, -0.05) is 12.2 Å². The average Bonchev–Trinajstić information content (AvgIpc) is 2.66. The van der Waals surface area contributed by atoms with Gasteiger partial charge >= 0.3 is 0 Å². The molecule has 5 nitrogen and oxygen atoms in total. The molecule has 0 radical (unpaired) electrons. The Bertz CT molecular complexity index is 323. The average molecular weight is 252 g/mol. The van der Waals surface area contributed by atoms with E-state index in [1.165, 1.54) is 6.92 Å². The van der Waals surface area contributed by atoms with Gasteiger partial charge in [-0.05, 0) is 19.3 Å². The van der Waals surface area contributed by atoms with Gasteiger partial charge in [-0.2, -0.15) is 0 Å². The van der Waals surface area contributed by atoms with Crippen molar-refractivity contribution in [2.45, 2.75) is 18.6 Å². The number of hydrogen-bond acceptors (Lipinski definition) is 4. The second kappa shape index (κ2) is 5.20. The lowest BCUT2D eigenvalue weighted by atomic mass is 10.1. The maximum atomic E-state index is 11.6. The maximum absolute atomic E-state index is 11.6. The summed E-state index contributed by atoms with van der Waals surface area (Å²) >= 11 is 4.65. The number of nitrogens with one attached hydrogen (secondary N) is 1. The smallest absolute Gasteiger partial charge is 0.220 e. The summed E-state index contributed by atoms with van der Waals surface area (Å²) in [6.45, 7) is 3.20. The molecule has 0 spiro atoms. The van der Waals surface area contributed by atoms with Gasteiger partial charge in [0.2, 0.25) is 10.0 Å². The van der Waals surface area contributed by atoms with Crippen molar-refractivity contribution in [3.05, 3.63) is 0 Å². The topological polar surface area (TPSA) is 81.4 Å². The van der Waals surface area contributed by atoms with Gasteiger partial charge in [-0.15, -0.1) is 0 Å². The highest BCUT2D eigenvalue weighted by Gasteiger charge is 2.25. The summed E-state index contributed by atoms with van der Waals surface area (Å²) < 4.78 is 30.9. The largest absolute Gasteiger partial charge is 0.392 e. The summed E-state index contributed by atoms with van der Waals surface area (Å²) in [6, 6.07) is 0. The van der Waals surface area contributed by atoms with Gasteiger partial charge < -0.3 is 10.5 Å². The van der Waals surface area contributed by atoms with E-state index in [4.69, 9.17) is 10.5 Å². The zero-order valence-electron chi connectivity index (χ0n) is 8.60. The van der Waals surface area contributed by atoms with E-state index in [9.17, 15) is 8.42 Å². The molecule has 2 unspecified atom stereocenters. The van der Waals surface area contributed by atoms with Crippen LogP contribution in [0.5, 0.6) is 0 Å². The van der Waals surface area contributed by atoms with Gasteiger partial charge in [0.1, 0.15) is 5.25 Å². The SMILES string of the molecule is CC(C(N)=S)S(=O)(=O)NCC1CCOC1. The van der Waals surface area contributed by atoms with Crippen LogP contribution in [0.4, 0.5) is 0 Å². The molecule has 88 valence electrons. The van der Waals surface area contributed by atoms with Crippen LogP contribution in [0.2, 0.25) is 0 Å². The first-order chi connectivity index (χ1) is 6.93. The van der Waals surface area contributed by atoms with Crippen molar-refractivity contribution in [1.82, 2.24) is 4.72 Å². The number of ether oxygens (including phenoxy) is 1. The van der Waals surface area contributed by atoms with Gasteiger partial charge in [-0.25, -0.2) is 13.1 Å². The third-order valence-electron chi connectivity index (χ3n) is 2.46. The molecule has 1 saturated heterocycles. The fourth-order valence-corrected chi connectivity index (χ4v) is 2.66. The number of thiocarbonyl (C=S) groups is 1. The van der Waals surface area contributed by atoms with E-state index in [0.29, 0.717) is 19.8 Å². The summed E-state index contributed by atoms with van der Waals surface area (Å²) in [5.41, 5.74) is 5.29. The molecule has 0 aromatic carbocycles. The van der Waals surface area contributed by atoms with E-state index in [0.717, 1.165) is 6.42 Å². The molecule has 3 N–H and O–H groups in total. The molecule has 0 aromatic heterocycles. The molecule has 0 aromatic rings. The fraction of sp³-hybridized carbons (Fsp3) is 0.875. The zero-order valence-corrected chi connectivity index (χ0v) is 10.2. The molecule has 2 atom stereocenters. The Morgan fingerprint density at radius 1 is 1.73 bits per heavy atom. The zero-order chi connectivity index (χ0) is 11.5. The van der Waals surface area contributed by atoms with Crippen LogP contribution in [-0.2, 0) is 14.8 Å². The van der Waals surface area contributed by atoms with Gasteiger partial charge in [0.05, 0.1) is 11.6 Å². The van der Waals surface area contributed by atoms with Crippen LogP contribution in [0.15, 0.2) is 0 Å². The Kier molecular flexibility index (Phi) is 4.45. The molecule has 1 aliphatic heterocycles. The van der Waals surface area contributed by atoms with Crippen LogP contribution < -0.4 is 10.5 Å². The van der Waals surface area contributed by atoms with Crippen molar-refractivity contribution in [2.24, 2.45) is 11.7 Å². The van der Waals surface area contributed by atoms with E-state index in [-0.39, 0.29) is 10.9 Å². The molecular weight excluding hydrogens is 236 g/mol. The van der Waals surface area contributed by atoms with E-state index in [1.807, 2.05) is 0 Å². The van der Waals surface area contributed by atoms with Crippen molar-refractivity contribution in [3.63, 3.8) is 0 Å². The van der Waals surface area contributed by atoms with E-state index < -0.39 is 15.3 Å². The minimum absolute atomic E-state index is 0.00910. The summed E-state index contributed by atoms with van der Waals surface area (Å²) in [5, 5.41) is -0.824. The second-order valence-corrected chi connectivity index (χ2v) is 6.22. The van der Waals surface area contributed by atoms with Crippen LogP contribution in [0.3, 0.4) is 0 Å². The molecule has 0 aliphatic carbocycles. The van der Waals surface area contributed by atoms with Gasteiger partial charge in [0.15, 0.2) is 0 Å². The number of sulfonamides is 1. The molecule has 0 saturated carbocycles. The monoisotopic (exact) mass is 252 g/mol. The normalized spacial score (nSPS) is 23.9. The number of hydrogen-bond donors (Lipinski definition) is 2. The molecule has 1 fully saturated rings. The van der Waals surface area contributed by atoms with E-state index >= 15 is 0 Å². The summed E-state index contributed by atoms with van der Waals surface area (Å²) in [4.78, 5) is -0.00910. The highest BCUT2D eigenvalue weighted by atomic mass is 32.2. The van der Waals surface area contributed by atoms with Crippen molar-refractivity contribution < 1.29 is 13.2 Å². The molecule has 0 bridgehead atoms. The fourth-order valence-electron chi connectivity index (χ4n) is 1.26. The summed E-state index contributed by atoms with van der Waals surface area (Å²) in [6.07, 6.45) is 0.893. The molecule has 1 rings (SSSR count). The minimum atomic E-state index is -3.42. The molecule has 0 amide bonds. The molecule has 7 heteroatoms. The number of rotatable bonds is 5. The van der Waals surface area contributed by atoms with Gasteiger partial charge in [0, 0.05) is 13.2 Å². The van der Waals surface area contributed by atoms with Crippen molar-refractivity contribution in [3.8, 4) is 0 Å². The van der Waals surface area contributed by atoms with Crippen LogP contribution in [0.1, 0.15) is 13.3 Å². The molecular formula is C8H16N2O3S2. The van der Waals surface area contributed by atoms with Crippen LogP contribution in [0.25, 0.3) is 0 Å². The van der Waals surface area contributed by atoms with Crippen molar-refractivity contribution >= 4 is 27.2 Å². The Hall–Kier alpha value is -0.240. The molecule has 1 aliphatic rings. The molecule has 15 heavy (non-hydrogen) atoms. The maximum Gasteiger partial charge on any atom is 0.220 e. The standard InChI is InChI=1S/C8H16N2O3S2/c1-6(8(9)14)15(11,12)10-4-7-2-3-13-5-7/h6-7,10H,2-5H2,1H3,(H2,9,14). The van der Waals surface area contributed by atoms with Crippen LogP contribution >= 0.6 is 12.2 Å². The van der Waals surface area contributed by atoms with E-state index in [1.54, 1.807) is 0 Å². The third-order valence-corrected chi connectivity index (χ3v) is 4.72. The lowest BCUT2D eigenvalue weighted by Gasteiger charge is -2.14. The first-order valence-electron chi connectivity index (χ1n) is 4.79.